The van der Waals surface area contributed by atoms with Gasteiger partial charge < -0.3 is 14.2 Å². The number of allylic oxidation sites excluding steroid dienone is 2. The quantitative estimate of drug-likeness (QED) is 0.265. The third-order valence-electron chi connectivity index (χ3n) is 7.07. The molecule has 0 saturated heterocycles. The van der Waals surface area contributed by atoms with E-state index in [1.807, 2.05) is 30.3 Å². The highest BCUT2D eigenvalue weighted by molar-refractivity contribution is 6.03. The third-order valence-corrected chi connectivity index (χ3v) is 7.07. The van der Waals surface area contributed by atoms with Crippen LogP contribution in [0.4, 0.5) is 0 Å². The van der Waals surface area contributed by atoms with Crippen LogP contribution in [0.15, 0.2) is 92.0 Å². The average molecular weight is 475 g/mol. The van der Waals surface area contributed by atoms with Crippen LogP contribution in [-0.2, 0) is 5.60 Å². The van der Waals surface area contributed by atoms with Gasteiger partial charge in [-0.05, 0) is 72.3 Å². The molecule has 0 atom stereocenters. The number of benzene rings is 4. The van der Waals surface area contributed by atoms with Crippen LogP contribution in [0.5, 0.6) is 17.2 Å². The van der Waals surface area contributed by atoms with Crippen molar-refractivity contribution in [2.75, 3.05) is 14.2 Å². The standard InChI is InChI=1S/C33H30O3/c1-7-22(3)31-23(4)28-18-19-33(24-9-13-26(34-5)14-10-24,25-11-15-27(35-6)16-12-25)36-32(28)30-20-21(2)8-17-29(30)31/h7-20H,1,3H2,2,4-6H3. The molecule has 4 aromatic carbocycles. The van der Waals surface area contributed by atoms with Crippen molar-refractivity contribution in [2.24, 2.45) is 0 Å². The summed E-state index contributed by atoms with van der Waals surface area (Å²) in [6, 6.07) is 22.6. The minimum Gasteiger partial charge on any atom is -0.497 e. The molecular formula is C33H30O3. The summed E-state index contributed by atoms with van der Waals surface area (Å²) in [4.78, 5) is 0. The van der Waals surface area contributed by atoms with Gasteiger partial charge in [0, 0.05) is 22.1 Å². The van der Waals surface area contributed by atoms with E-state index in [9.17, 15) is 0 Å². The molecule has 1 aliphatic rings. The first kappa shape index (κ1) is 23.5. The fraction of sp³-hybridized carbons (Fsp3) is 0.152. The third kappa shape index (κ3) is 3.68. The van der Waals surface area contributed by atoms with E-state index in [0.717, 1.165) is 61.4 Å². The van der Waals surface area contributed by atoms with Gasteiger partial charge in [-0.15, -0.1) is 0 Å². The summed E-state index contributed by atoms with van der Waals surface area (Å²) in [6.45, 7) is 12.5. The van der Waals surface area contributed by atoms with E-state index in [1.54, 1.807) is 14.2 Å². The Morgan fingerprint density at radius 1 is 0.833 bits per heavy atom. The van der Waals surface area contributed by atoms with E-state index in [2.05, 4.69) is 81.6 Å². The predicted molar refractivity (Wildman–Crippen MR) is 149 cm³/mol. The van der Waals surface area contributed by atoms with Crippen LogP contribution < -0.4 is 14.2 Å². The van der Waals surface area contributed by atoms with Gasteiger partial charge in [0.25, 0.3) is 0 Å². The molecule has 0 unspecified atom stereocenters. The number of hydrogen-bond donors (Lipinski definition) is 0. The van der Waals surface area contributed by atoms with E-state index < -0.39 is 5.60 Å². The second kappa shape index (κ2) is 9.09. The number of ether oxygens (including phenoxy) is 3. The number of rotatable bonds is 6. The molecule has 0 aliphatic carbocycles. The summed E-state index contributed by atoms with van der Waals surface area (Å²) in [5, 5.41) is 2.17. The van der Waals surface area contributed by atoms with Gasteiger partial charge in [0.05, 0.1) is 14.2 Å². The normalized spacial score (nSPS) is 13.6. The molecule has 4 aromatic rings. The fourth-order valence-corrected chi connectivity index (χ4v) is 5.09. The highest BCUT2D eigenvalue weighted by atomic mass is 16.5. The number of methoxy groups -OCH3 is 2. The number of hydrogen-bond acceptors (Lipinski definition) is 3. The van der Waals surface area contributed by atoms with Gasteiger partial charge in [-0.25, -0.2) is 0 Å². The van der Waals surface area contributed by atoms with Gasteiger partial charge in [0.1, 0.15) is 17.2 Å². The predicted octanol–water partition coefficient (Wildman–Crippen LogP) is 8.02. The topological polar surface area (TPSA) is 27.7 Å². The molecule has 0 amide bonds. The highest BCUT2D eigenvalue weighted by Crippen LogP contribution is 2.48. The smallest absolute Gasteiger partial charge is 0.178 e. The van der Waals surface area contributed by atoms with Crippen molar-refractivity contribution in [1.29, 1.82) is 0 Å². The summed E-state index contributed by atoms with van der Waals surface area (Å²) in [5.74, 6) is 2.46. The van der Waals surface area contributed by atoms with Crippen LogP contribution in [0.2, 0.25) is 0 Å². The molecule has 180 valence electrons. The van der Waals surface area contributed by atoms with Crippen molar-refractivity contribution in [3.63, 3.8) is 0 Å². The lowest BCUT2D eigenvalue weighted by Crippen LogP contribution is -2.34. The molecule has 0 aromatic heterocycles. The van der Waals surface area contributed by atoms with Crippen molar-refractivity contribution in [2.45, 2.75) is 19.4 Å². The van der Waals surface area contributed by atoms with E-state index in [4.69, 9.17) is 14.2 Å². The molecule has 1 heterocycles. The first-order chi connectivity index (χ1) is 17.4. The number of aryl methyl sites for hydroxylation is 1. The molecule has 0 radical (unpaired) electrons. The first-order valence-electron chi connectivity index (χ1n) is 12.0. The Morgan fingerprint density at radius 3 is 1.94 bits per heavy atom. The zero-order valence-electron chi connectivity index (χ0n) is 21.2. The Hall–Kier alpha value is -4.24. The Balaban J connectivity index is 1.80. The summed E-state index contributed by atoms with van der Waals surface area (Å²) >= 11 is 0. The lowest BCUT2D eigenvalue weighted by atomic mass is 9.81. The Kier molecular flexibility index (Phi) is 5.93. The molecule has 0 fully saturated rings. The maximum atomic E-state index is 7.13. The van der Waals surface area contributed by atoms with Crippen LogP contribution in [0.3, 0.4) is 0 Å². The Bertz CT molecular complexity index is 1460. The van der Waals surface area contributed by atoms with E-state index >= 15 is 0 Å². The van der Waals surface area contributed by atoms with Crippen LogP contribution in [0.25, 0.3) is 22.4 Å². The van der Waals surface area contributed by atoms with E-state index in [-0.39, 0.29) is 0 Å². The van der Waals surface area contributed by atoms with Crippen LogP contribution in [-0.4, -0.2) is 14.2 Å². The zero-order valence-corrected chi connectivity index (χ0v) is 21.2. The highest BCUT2D eigenvalue weighted by Gasteiger charge is 2.38. The second-order valence-electron chi connectivity index (χ2n) is 9.15. The maximum Gasteiger partial charge on any atom is 0.178 e. The van der Waals surface area contributed by atoms with Crippen molar-refractivity contribution in [1.82, 2.24) is 0 Å². The molecule has 5 rings (SSSR count). The zero-order chi connectivity index (χ0) is 25.4. The molecule has 0 N–H and O–H groups in total. The summed E-state index contributed by atoms with van der Waals surface area (Å²) in [7, 11) is 3.35. The monoisotopic (exact) mass is 474 g/mol. The lowest BCUT2D eigenvalue weighted by molar-refractivity contribution is 0.163. The molecule has 0 bridgehead atoms. The van der Waals surface area contributed by atoms with Crippen molar-refractivity contribution < 1.29 is 14.2 Å². The number of fused-ring (bicyclic) bond motifs is 3. The lowest BCUT2D eigenvalue weighted by Gasteiger charge is -2.37. The van der Waals surface area contributed by atoms with Crippen molar-refractivity contribution >= 4 is 22.4 Å². The average Bonchev–Trinajstić information content (AvgIpc) is 2.93. The van der Waals surface area contributed by atoms with Crippen LogP contribution >= 0.6 is 0 Å². The minimum atomic E-state index is -0.828. The molecule has 3 nitrogen and oxygen atoms in total. The Labute approximate surface area is 213 Å². The van der Waals surface area contributed by atoms with Crippen LogP contribution in [0, 0.1) is 13.8 Å². The van der Waals surface area contributed by atoms with Gasteiger partial charge in [-0.2, -0.15) is 0 Å². The summed E-state index contributed by atoms with van der Waals surface area (Å²) < 4.78 is 18.0. The van der Waals surface area contributed by atoms with E-state index in [0.29, 0.717) is 0 Å². The van der Waals surface area contributed by atoms with Gasteiger partial charge >= 0.3 is 0 Å². The van der Waals surface area contributed by atoms with Gasteiger partial charge in [-0.1, -0.05) is 67.3 Å². The molecule has 36 heavy (non-hydrogen) atoms. The SMILES string of the molecule is C=CC(=C)c1c(C)c2c(c3cc(C)ccc13)OC(c1ccc(OC)cc1)(c1ccc(OC)cc1)C=C2. The van der Waals surface area contributed by atoms with Crippen molar-refractivity contribution in [3.05, 3.63) is 125 Å². The molecule has 0 spiro atoms. The largest absolute Gasteiger partial charge is 0.497 e. The molecule has 3 heteroatoms. The molecular weight excluding hydrogens is 444 g/mol. The minimum absolute atomic E-state index is 0.799. The first-order valence-corrected chi connectivity index (χ1v) is 12.0. The van der Waals surface area contributed by atoms with Crippen molar-refractivity contribution in [3.8, 4) is 17.2 Å². The Morgan fingerprint density at radius 2 is 1.42 bits per heavy atom. The van der Waals surface area contributed by atoms with Gasteiger partial charge in [-0.3, -0.25) is 0 Å². The molecule has 1 aliphatic heterocycles. The molecule has 0 saturated carbocycles. The summed E-state index contributed by atoms with van der Waals surface area (Å²) in [6.07, 6.45) is 6.15. The van der Waals surface area contributed by atoms with Gasteiger partial charge in [0.2, 0.25) is 0 Å². The summed E-state index contributed by atoms with van der Waals surface area (Å²) in [5.41, 5.74) is 6.55. The van der Waals surface area contributed by atoms with E-state index in [1.165, 1.54) is 5.56 Å². The second-order valence-corrected chi connectivity index (χ2v) is 9.15. The van der Waals surface area contributed by atoms with Gasteiger partial charge in [0.15, 0.2) is 5.60 Å². The maximum absolute atomic E-state index is 7.13. The fourth-order valence-electron chi connectivity index (χ4n) is 5.09. The van der Waals surface area contributed by atoms with Crippen LogP contribution in [0.1, 0.15) is 33.4 Å².